The minimum absolute atomic E-state index is 0.335. The maximum absolute atomic E-state index is 12.8. The van der Waals surface area contributed by atoms with Crippen LogP contribution in [0.4, 0.5) is 0 Å². The molecular weight excluding hydrogens is 360 g/mol. The third-order valence-corrected chi connectivity index (χ3v) is 5.58. The summed E-state index contributed by atoms with van der Waals surface area (Å²) in [5.74, 6) is 3.54. The molecule has 3 aromatic rings. The number of amides is 1. The normalized spacial score (nSPS) is 13.6. The van der Waals surface area contributed by atoms with Crippen LogP contribution in [-0.2, 0) is 6.54 Å². The molecule has 0 bridgehead atoms. The molecule has 6 heteroatoms. The SMILES string of the molecule is C#CCn1c(=NC(=O)c2ccc3c(c2)OCCO3)sc2c(C)cc(C)cc21. The van der Waals surface area contributed by atoms with E-state index < -0.39 is 0 Å². The van der Waals surface area contributed by atoms with E-state index in [-0.39, 0.29) is 5.91 Å². The highest BCUT2D eigenvalue weighted by Gasteiger charge is 2.16. The van der Waals surface area contributed by atoms with Crippen LogP contribution in [0.5, 0.6) is 11.5 Å². The fourth-order valence-corrected chi connectivity index (χ4v) is 4.25. The fourth-order valence-electron chi connectivity index (χ4n) is 3.17. The number of aryl methyl sites for hydroxylation is 2. The van der Waals surface area contributed by atoms with Crippen molar-refractivity contribution in [1.82, 2.24) is 4.57 Å². The Morgan fingerprint density at radius 3 is 2.78 bits per heavy atom. The molecule has 136 valence electrons. The van der Waals surface area contributed by atoms with Gasteiger partial charge >= 0.3 is 0 Å². The molecule has 1 aliphatic rings. The zero-order valence-electron chi connectivity index (χ0n) is 15.1. The van der Waals surface area contributed by atoms with Gasteiger partial charge in [0, 0.05) is 5.56 Å². The van der Waals surface area contributed by atoms with Crippen LogP contribution in [0, 0.1) is 26.2 Å². The van der Waals surface area contributed by atoms with E-state index in [1.54, 1.807) is 18.2 Å². The number of thiazole rings is 1. The van der Waals surface area contributed by atoms with Crippen molar-refractivity contribution in [3.8, 4) is 23.8 Å². The second-order valence-corrected chi connectivity index (χ2v) is 7.36. The van der Waals surface area contributed by atoms with Crippen LogP contribution in [0.15, 0.2) is 35.3 Å². The maximum atomic E-state index is 12.8. The smallest absolute Gasteiger partial charge is 0.279 e. The van der Waals surface area contributed by atoms with Crippen molar-refractivity contribution in [3.05, 3.63) is 51.8 Å². The lowest BCUT2D eigenvalue weighted by molar-refractivity contribution is 0.0996. The number of carbonyl (C=O) groups excluding carboxylic acids is 1. The van der Waals surface area contributed by atoms with Gasteiger partial charge in [-0.05, 0) is 49.2 Å². The van der Waals surface area contributed by atoms with E-state index in [9.17, 15) is 4.79 Å². The van der Waals surface area contributed by atoms with Gasteiger partial charge in [0.25, 0.3) is 5.91 Å². The van der Waals surface area contributed by atoms with Gasteiger partial charge in [-0.2, -0.15) is 4.99 Å². The van der Waals surface area contributed by atoms with E-state index in [4.69, 9.17) is 15.9 Å². The van der Waals surface area contributed by atoms with Gasteiger partial charge < -0.3 is 14.0 Å². The van der Waals surface area contributed by atoms with Crippen molar-refractivity contribution in [2.45, 2.75) is 20.4 Å². The molecule has 0 saturated carbocycles. The average molecular weight is 378 g/mol. The van der Waals surface area contributed by atoms with Crippen molar-refractivity contribution in [2.24, 2.45) is 4.99 Å². The number of ether oxygens (including phenoxy) is 2. The first-order chi connectivity index (χ1) is 13.1. The number of nitrogens with zero attached hydrogens (tertiary/aromatic N) is 2. The number of rotatable bonds is 2. The van der Waals surface area contributed by atoms with Gasteiger partial charge in [-0.1, -0.05) is 23.3 Å². The summed E-state index contributed by atoms with van der Waals surface area (Å²) in [6.07, 6.45) is 5.55. The zero-order valence-corrected chi connectivity index (χ0v) is 15.9. The van der Waals surface area contributed by atoms with E-state index in [1.807, 2.05) is 11.5 Å². The Labute approximate surface area is 160 Å². The second kappa shape index (κ2) is 6.93. The summed E-state index contributed by atoms with van der Waals surface area (Å²) in [5, 5.41) is 0. The number of hydrogen-bond donors (Lipinski definition) is 0. The highest BCUT2D eigenvalue weighted by molar-refractivity contribution is 7.16. The molecule has 0 unspecified atom stereocenters. The topological polar surface area (TPSA) is 52.8 Å². The molecule has 0 spiro atoms. The highest BCUT2D eigenvalue weighted by Crippen LogP contribution is 2.31. The molecule has 0 fully saturated rings. The third kappa shape index (κ3) is 3.22. The molecule has 0 atom stereocenters. The zero-order chi connectivity index (χ0) is 19.0. The van der Waals surface area contributed by atoms with Crippen LogP contribution in [-0.4, -0.2) is 23.7 Å². The minimum Gasteiger partial charge on any atom is -0.486 e. The van der Waals surface area contributed by atoms with Crippen LogP contribution in [0.1, 0.15) is 21.5 Å². The summed E-state index contributed by atoms with van der Waals surface area (Å²) < 4.78 is 14.1. The van der Waals surface area contributed by atoms with Gasteiger partial charge in [0.2, 0.25) is 0 Å². The number of carbonyl (C=O) groups is 1. The van der Waals surface area contributed by atoms with Crippen LogP contribution >= 0.6 is 11.3 Å². The lowest BCUT2D eigenvalue weighted by Gasteiger charge is -2.18. The van der Waals surface area contributed by atoms with E-state index in [0.717, 1.165) is 21.3 Å². The quantitative estimate of drug-likeness (QED) is 0.642. The van der Waals surface area contributed by atoms with E-state index in [1.165, 1.54) is 11.3 Å². The molecule has 1 amide bonds. The molecule has 4 rings (SSSR count). The molecule has 1 aliphatic heterocycles. The number of terminal acetylenes is 1. The summed E-state index contributed by atoms with van der Waals surface area (Å²) >= 11 is 1.47. The molecule has 0 aliphatic carbocycles. The van der Waals surface area contributed by atoms with Crippen molar-refractivity contribution in [1.29, 1.82) is 0 Å². The van der Waals surface area contributed by atoms with Crippen molar-refractivity contribution < 1.29 is 14.3 Å². The summed E-state index contributed by atoms with van der Waals surface area (Å²) in [5.41, 5.74) is 3.75. The van der Waals surface area contributed by atoms with Gasteiger partial charge in [0.05, 0.1) is 16.8 Å². The summed E-state index contributed by atoms with van der Waals surface area (Å²) in [7, 11) is 0. The van der Waals surface area contributed by atoms with Gasteiger partial charge in [-0.3, -0.25) is 4.79 Å². The Kier molecular flexibility index (Phi) is 4.46. The van der Waals surface area contributed by atoms with Gasteiger partial charge in [0.1, 0.15) is 13.2 Å². The first-order valence-electron chi connectivity index (χ1n) is 8.59. The van der Waals surface area contributed by atoms with E-state index in [0.29, 0.717) is 41.6 Å². The molecule has 0 saturated heterocycles. The maximum Gasteiger partial charge on any atom is 0.279 e. The Morgan fingerprint density at radius 1 is 1.22 bits per heavy atom. The molecule has 0 N–H and O–H groups in total. The molecule has 2 aromatic carbocycles. The predicted molar refractivity (Wildman–Crippen MR) is 105 cm³/mol. The molecule has 2 heterocycles. The lowest BCUT2D eigenvalue weighted by atomic mass is 10.1. The van der Waals surface area contributed by atoms with E-state index in [2.05, 4.69) is 30.0 Å². The number of hydrogen-bond acceptors (Lipinski definition) is 4. The Morgan fingerprint density at radius 2 is 2.00 bits per heavy atom. The predicted octanol–water partition coefficient (Wildman–Crippen LogP) is 3.47. The highest BCUT2D eigenvalue weighted by atomic mass is 32.1. The first kappa shape index (κ1) is 17.4. The van der Waals surface area contributed by atoms with Crippen LogP contribution < -0.4 is 14.3 Å². The third-order valence-electron chi connectivity index (χ3n) is 4.35. The van der Waals surface area contributed by atoms with E-state index >= 15 is 0 Å². The largest absolute Gasteiger partial charge is 0.486 e. The first-order valence-corrected chi connectivity index (χ1v) is 9.41. The van der Waals surface area contributed by atoms with Gasteiger partial charge in [-0.25, -0.2) is 0 Å². The second-order valence-electron chi connectivity index (χ2n) is 6.38. The van der Waals surface area contributed by atoms with Crippen molar-refractivity contribution >= 4 is 27.5 Å². The van der Waals surface area contributed by atoms with Gasteiger partial charge in [-0.15, -0.1) is 6.42 Å². The molecule has 1 aromatic heterocycles. The Balaban J connectivity index is 1.82. The standard InChI is InChI=1S/C21H18N2O3S/c1-4-7-23-16-11-13(2)10-14(3)19(16)27-21(23)22-20(24)15-5-6-17-18(12-15)26-9-8-25-17/h1,5-6,10-12H,7-9H2,2-3H3. The van der Waals surface area contributed by atoms with Crippen LogP contribution in [0.25, 0.3) is 10.2 Å². The van der Waals surface area contributed by atoms with Crippen LogP contribution in [0.2, 0.25) is 0 Å². The summed E-state index contributed by atoms with van der Waals surface area (Å²) in [6.45, 7) is 5.44. The Hall–Kier alpha value is -3.04. The monoisotopic (exact) mass is 378 g/mol. The van der Waals surface area contributed by atoms with Gasteiger partial charge in [0.15, 0.2) is 16.3 Å². The number of aromatic nitrogens is 1. The van der Waals surface area contributed by atoms with Crippen molar-refractivity contribution in [3.63, 3.8) is 0 Å². The minimum atomic E-state index is -0.335. The molecule has 27 heavy (non-hydrogen) atoms. The fraction of sp³-hybridized carbons (Fsp3) is 0.238. The van der Waals surface area contributed by atoms with Crippen LogP contribution in [0.3, 0.4) is 0 Å². The molecule has 0 radical (unpaired) electrons. The lowest BCUT2D eigenvalue weighted by Crippen LogP contribution is -2.17. The summed E-state index contributed by atoms with van der Waals surface area (Å²) in [6, 6.07) is 9.31. The molecule has 5 nitrogen and oxygen atoms in total. The average Bonchev–Trinajstić information content (AvgIpc) is 2.99. The van der Waals surface area contributed by atoms with Crippen molar-refractivity contribution in [2.75, 3.05) is 13.2 Å². The number of fused-ring (bicyclic) bond motifs is 2. The summed E-state index contributed by atoms with van der Waals surface area (Å²) in [4.78, 5) is 17.7. The Bertz CT molecular complexity index is 1160. The molecular formula is C21H18N2O3S. The number of benzene rings is 2.